The van der Waals surface area contributed by atoms with Crippen LogP contribution in [0, 0.1) is 0 Å². The lowest BCUT2D eigenvalue weighted by Gasteiger charge is -2.10. The minimum Gasteiger partial charge on any atom is -0.545 e. The van der Waals surface area contributed by atoms with Crippen LogP contribution in [-0.2, 0) is 0 Å². The molecule has 4 heteroatoms. The number of nitrogens with zero attached hydrogens (tertiary/aromatic N) is 1. The van der Waals surface area contributed by atoms with Gasteiger partial charge in [0, 0.05) is 16.5 Å². The molecule has 1 aromatic heterocycles. The van der Waals surface area contributed by atoms with Crippen molar-refractivity contribution in [1.29, 1.82) is 0 Å². The van der Waals surface area contributed by atoms with Gasteiger partial charge in [0.1, 0.15) is 0 Å². The zero-order valence-corrected chi connectivity index (χ0v) is 11.3. The number of carbonyl (C=O) groups is 1. The van der Waals surface area contributed by atoms with E-state index in [0.29, 0.717) is 16.6 Å². The minimum atomic E-state index is -1.18. The van der Waals surface area contributed by atoms with E-state index in [-0.39, 0.29) is 18.0 Å². The van der Waals surface area contributed by atoms with Gasteiger partial charge in [0.25, 0.3) is 0 Å². The molecule has 0 saturated carbocycles. The molecule has 0 bridgehead atoms. The molecular weight excluding hydrogens is 274 g/mol. The fourth-order valence-electron chi connectivity index (χ4n) is 2.10. The number of halogens is 1. The molecule has 0 saturated heterocycles. The molecule has 0 fully saturated rings. The minimum absolute atomic E-state index is 0. The summed E-state index contributed by atoms with van der Waals surface area (Å²) in [4.78, 5) is 15.8. The highest BCUT2D eigenvalue weighted by Crippen LogP contribution is 2.24. The fourth-order valence-corrected chi connectivity index (χ4v) is 2.10. The number of pyridine rings is 1. The molecule has 3 nitrogen and oxygen atoms in total. The van der Waals surface area contributed by atoms with E-state index in [1.165, 1.54) is 0 Å². The summed E-state index contributed by atoms with van der Waals surface area (Å²) in [6, 6.07) is 18.2. The Morgan fingerprint density at radius 3 is 2.30 bits per heavy atom. The van der Waals surface area contributed by atoms with E-state index in [1.807, 2.05) is 36.4 Å². The van der Waals surface area contributed by atoms with Crippen molar-refractivity contribution in [2.45, 2.75) is 0 Å². The normalized spacial score (nSPS) is 10.0. The molecule has 0 radical (unpaired) electrons. The zero-order chi connectivity index (χ0) is 13.2. The Balaban J connectivity index is 0.00000147. The van der Waals surface area contributed by atoms with Crippen LogP contribution in [0.25, 0.3) is 22.2 Å². The topological polar surface area (TPSA) is 53.0 Å². The molecule has 100 valence electrons. The highest BCUT2D eigenvalue weighted by Gasteiger charge is 2.07. The largest absolute Gasteiger partial charge is 0.545 e. The lowest BCUT2D eigenvalue weighted by Crippen LogP contribution is -2.22. The van der Waals surface area contributed by atoms with Crippen LogP contribution in [0.2, 0.25) is 0 Å². The predicted octanol–water partition coefficient (Wildman–Crippen LogP) is 2.69. The second-order valence-corrected chi connectivity index (χ2v) is 4.23. The van der Waals surface area contributed by atoms with Gasteiger partial charge in [-0.3, -0.25) is 0 Å². The predicted molar refractivity (Wildman–Crippen MR) is 78.8 cm³/mol. The first kappa shape index (κ1) is 14.0. The quantitative estimate of drug-likeness (QED) is 0.727. The van der Waals surface area contributed by atoms with Crippen molar-refractivity contribution in [3.05, 3.63) is 66.2 Å². The van der Waals surface area contributed by atoms with Crippen LogP contribution in [-0.4, -0.2) is 11.0 Å². The molecule has 20 heavy (non-hydrogen) atoms. The molecule has 0 amide bonds. The highest BCUT2D eigenvalue weighted by molar-refractivity contribution is 6.02. The van der Waals surface area contributed by atoms with E-state index in [0.717, 1.165) is 5.56 Å². The van der Waals surface area contributed by atoms with Gasteiger partial charge in [-0.15, -0.1) is 12.4 Å². The van der Waals surface area contributed by atoms with Gasteiger partial charge in [0.2, 0.25) is 0 Å². The maximum atomic E-state index is 11.3. The Hall–Kier alpha value is -2.39. The first-order valence-electron chi connectivity index (χ1n) is 5.92. The van der Waals surface area contributed by atoms with Crippen LogP contribution in [0.5, 0.6) is 0 Å². The van der Waals surface area contributed by atoms with Gasteiger partial charge in [0.15, 0.2) is 0 Å². The first-order chi connectivity index (χ1) is 9.25. The molecule has 0 aliphatic carbocycles. The average molecular weight is 285 g/mol. The van der Waals surface area contributed by atoms with Crippen LogP contribution in [0.3, 0.4) is 0 Å². The van der Waals surface area contributed by atoms with Crippen molar-refractivity contribution in [2.75, 3.05) is 0 Å². The number of rotatable bonds is 2. The molecule has 0 N–H and O–H groups in total. The summed E-state index contributed by atoms with van der Waals surface area (Å²) in [5.41, 5.74) is 2.35. The molecule has 3 aromatic rings. The lowest BCUT2D eigenvalue weighted by molar-refractivity contribution is -0.254. The Labute approximate surface area is 122 Å². The van der Waals surface area contributed by atoms with Gasteiger partial charge >= 0.3 is 0 Å². The monoisotopic (exact) mass is 284 g/mol. The number of benzene rings is 2. The summed E-state index contributed by atoms with van der Waals surface area (Å²) in [6.07, 6.45) is 0. The van der Waals surface area contributed by atoms with Gasteiger partial charge in [0.05, 0.1) is 17.2 Å². The molecule has 1 heterocycles. The summed E-state index contributed by atoms with van der Waals surface area (Å²) in [7, 11) is 0. The van der Waals surface area contributed by atoms with E-state index >= 15 is 0 Å². The summed E-state index contributed by atoms with van der Waals surface area (Å²) in [5.74, 6) is -1.18. The van der Waals surface area contributed by atoms with Gasteiger partial charge in [-0.05, 0) is 12.1 Å². The smallest absolute Gasteiger partial charge is 0.0722 e. The van der Waals surface area contributed by atoms with E-state index < -0.39 is 5.97 Å². The number of hydrogen-bond acceptors (Lipinski definition) is 3. The summed E-state index contributed by atoms with van der Waals surface area (Å²) < 4.78 is 0. The molecule has 0 aliphatic rings. The van der Waals surface area contributed by atoms with Crippen molar-refractivity contribution >= 4 is 29.3 Å². The molecular formula is C16H11ClNO2-. The van der Waals surface area contributed by atoms with E-state index in [9.17, 15) is 9.90 Å². The number of aromatic nitrogens is 1. The maximum Gasteiger partial charge on any atom is 0.0722 e. The molecule has 3 rings (SSSR count). The molecule has 2 aromatic carbocycles. The van der Waals surface area contributed by atoms with Crippen LogP contribution >= 0.6 is 12.4 Å². The summed E-state index contributed by atoms with van der Waals surface area (Å²) in [6.45, 7) is 0. The molecule has 0 unspecified atom stereocenters. The number of fused-ring (bicyclic) bond motifs is 1. The lowest BCUT2D eigenvalue weighted by atomic mass is 10.0. The van der Waals surface area contributed by atoms with Gasteiger partial charge < -0.3 is 9.90 Å². The fraction of sp³-hybridized carbons (Fsp3) is 0. The zero-order valence-electron chi connectivity index (χ0n) is 10.4. The number of carboxylic acid groups (broad SMARTS) is 1. The third-order valence-corrected chi connectivity index (χ3v) is 3.01. The first-order valence-corrected chi connectivity index (χ1v) is 5.92. The summed E-state index contributed by atoms with van der Waals surface area (Å²) >= 11 is 0. The second-order valence-electron chi connectivity index (χ2n) is 4.23. The van der Waals surface area contributed by atoms with Crippen molar-refractivity contribution in [3.63, 3.8) is 0 Å². The number of para-hydroxylation sites is 1. The van der Waals surface area contributed by atoms with E-state index in [1.54, 1.807) is 24.3 Å². The maximum absolute atomic E-state index is 11.3. The Kier molecular flexibility index (Phi) is 4.01. The highest BCUT2D eigenvalue weighted by atomic mass is 35.5. The van der Waals surface area contributed by atoms with Crippen molar-refractivity contribution in [2.24, 2.45) is 0 Å². The van der Waals surface area contributed by atoms with Crippen molar-refractivity contribution < 1.29 is 9.90 Å². The average Bonchev–Trinajstić information content (AvgIpc) is 2.47. The van der Waals surface area contributed by atoms with Gasteiger partial charge in [-0.1, -0.05) is 48.5 Å². The third kappa shape index (κ3) is 2.49. The summed E-state index contributed by atoms with van der Waals surface area (Å²) in [5, 5.41) is 11.9. The molecule has 0 aliphatic heterocycles. The van der Waals surface area contributed by atoms with Crippen molar-refractivity contribution in [1.82, 2.24) is 4.98 Å². The van der Waals surface area contributed by atoms with Crippen LogP contribution in [0.15, 0.2) is 60.7 Å². The molecule has 0 atom stereocenters. The second kappa shape index (κ2) is 5.72. The third-order valence-electron chi connectivity index (χ3n) is 3.01. The van der Waals surface area contributed by atoms with Crippen LogP contribution in [0.1, 0.15) is 10.4 Å². The van der Waals surface area contributed by atoms with E-state index in [2.05, 4.69) is 4.98 Å². The number of hydrogen-bond donors (Lipinski definition) is 0. The van der Waals surface area contributed by atoms with Crippen LogP contribution < -0.4 is 5.11 Å². The Morgan fingerprint density at radius 1 is 0.950 bits per heavy atom. The van der Waals surface area contributed by atoms with Crippen molar-refractivity contribution in [3.8, 4) is 11.3 Å². The van der Waals surface area contributed by atoms with Gasteiger partial charge in [-0.2, -0.15) is 0 Å². The van der Waals surface area contributed by atoms with Gasteiger partial charge in [-0.25, -0.2) is 4.98 Å². The number of carboxylic acids is 1. The number of carbonyl (C=O) groups excluding carboxylic acids is 1. The van der Waals surface area contributed by atoms with Crippen LogP contribution in [0.4, 0.5) is 0 Å². The molecule has 0 spiro atoms. The Morgan fingerprint density at radius 2 is 1.60 bits per heavy atom. The standard InChI is InChI=1S/C16H11NO2.ClH/c18-16(19)13-10-15(11-6-2-1-3-7-11)17-14-9-5-4-8-12(13)14;/h1-10H,(H,18,19);1H/p-1. The number of aromatic carboxylic acids is 1. The Bertz CT molecular complexity index is 757. The SMILES string of the molecule is Cl.O=C([O-])c1cc(-c2ccccc2)nc2ccccc12. The van der Waals surface area contributed by atoms with E-state index in [4.69, 9.17) is 0 Å².